The number of allylic oxidation sites excluding steroid dienone is 6. The van der Waals surface area contributed by atoms with Crippen molar-refractivity contribution in [2.24, 2.45) is 0 Å². The first-order valence-electron chi connectivity index (χ1n) is 28.5. The Balaban J connectivity index is 4.25. The van der Waals surface area contributed by atoms with Gasteiger partial charge >= 0.3 is 11.9 Å². The van der Waals surface area contributed by atoms with E-state index in [0.717, 1.165) is 51.4 Å². The van der Waals surface area contributed by atoms with Crippen LogP contribution in [-0.2, 0) is 23.8 Å². The van der Waals surface area contributed by atoms with Crippen LogP contribution in [0.3, 0.4) is 0 Å². The molecule has 0 unspecified atom stereocenters. The number of hydrogen-bond acceptors (Lipinski definition) is 5. The second-order valence-corrected chi connectivity index (χ2v) is 19.2. The van der Waals surface area contributed by atoms with E-state index in [2.05, 4.69) is 57.2 Å². The van der Waals surface area contributed by atoms with Gasteiger partial charge in [0.05, 0.1) is 0 Å². The van der Waals surface area contributed by atoms with E-state index in [9.17, 15) is 9.59 Å². The van der Waals surface area contributed by atoms with Gasteiger partial charge < -0.3 is 14.2 Å². The summed E-state index contributed by atoms with van der Waals surface area (Å²) in [7, 11) is 0. The topological polar surface area (TPSA) is 61.8 Å². The van der Waals surface area contributed by atoms with Gasteiger partial charge in [-0.05, 0) is 77.0 Å². The van der Waals surface area contributed by atoms with Gasteiger partial charge in [-0.1, -0.05) is 250 Å². The van der Waals surface area contributed by atoms with Gasteiger partial charge in [-0.3, -0.25) is 9.59 Å². The Bertz CT molecular complexity index is 1020. The zero-order chi connectivity index (χ0) is 46.3. The zero-order valence-electron chi connectivity index (χ0n) is 43.3. The molecule has 0 rings (SSSR count). The highest BCUT2D eigenvalue weighted by Crippen LogP contribution is 2.16. The number of unbranched alkanes of at least 4 members (excludes halogenated alkanes) is 36. The van der Waals surface area contributed by atoms with E-state index in [1.165, 1.54) is 218 Å². The van der Waals surface area contributed by atoms with Gasteiger partial charge in [0.25, 0.3) is 0 Å². The molecular formula is C59H110O5. The summed E-state index contributed by atoms with van der Waals surface area (Å²) < 4.78 is 17.5. The van der Waals surface area contributed by atoms with Crippen molar-refractivity contribution in [1.82, 2.24) is 0 Å². The fourth-order valence-electron chi connectivity index (χ4n) is 8.34. The predicted molar refractivity (Wildman–Crippen MR) is 279 cm³/mol. The van der Waals surface area contributed by atoms with Crippen molar-refractivity contribution in [3.63, 3.8) is 0 Å². The van der Waals surface area contributed by atoms with Crippen LogP contribution in [-0.4, -0.2) is 37.9 Å². The third-order valence-electron chi connectivity index (χ3n) is 12.7. The molecule has 0 aliphatic carbocycles. The van der Waals surface area contributed by atoms with Crippen LogP contribution in [0.2, 0.25) is 0 Å². The average molecular weight is 900 g/mol. The lowest BCUT2D eigenvalue weighted by molar-refractivity contribution is -0.155. The molecule has 0 saturated carbocycles. The molecule has 0 bridgehead atoms. The number of carbonyl (C=O) groups is 2. The van der Waals surface area contributed by atoms with Gasteiger partial charge in [0, 0.05) is 19.4 Å². The van der Waals surface area contributed by atoms with Crippen molar-refractivity contribution < 1.29 is 23.8 Å². The van der Waals surface area contributed by atoms with E-state index in [0.29, 0.717) is 19.4 Å². The van der Waals surface area contributed by atoms with Crippen LogP contribution in [0.15, 0.2) is 36.5 Å². The Labute approximate surface area is 400 Å². The molecule has 5 nitrogen and oxygen atoms in total. The Morgan fingerprint density at radius 3 is 0.953 bits per heavy atom. The molecule has 0 aliphatic rings. The third kappa shape index (κ3) is 52.7. The molecule has 5 heteroatoms. The van der Waals surface area contributed by atoms with E-state index in [4.69, 9.17) is 14.2 Å². The standard InChI is InChI=1S/C59H110O5/c1-4-7-10-13-16-19-22-25-28-30-32-35-38-41-44-47-50-53-59(61)64-56-57(62-54-51-48-45-42-39-36-33-29-26-23-20-17-14-11-8-5-2)55-63-58(60)52-49-46-43-40-37-34-31-27-24-21-18-15-12-9-6-3/h16,19,25,27-28,31,57H,4-15,17-18,20-24,26,29-30,32-56H2,1-3H3/b19-16-,28-25-,31-27-/t57-/m0/s1. The molecule has 0 saturated heterocycles. The third-order valence-corrected chi connectivity index (χ3v) is 12.7. The molecular weight excluding hydrogens is 789 g/mol. The van der Waals surface area contributed by atoms with Crippen molar-refractivity contribution in [3.8, 4) is 0 Å². The van der Waals surface area contributed by atoms with E-state index < -0.39 is 6.10 Å². The van der Waals surface area contributed by atoms with E-state index in [1.54, 1.807) is 0 Å². The van der Waals surface area contributed by atoms with Crippen molar-refractivity contribution in [2.75, 3.05) is 19.8 Å². The van der Waals surface area contributed by atoms with E-state index in [1.807, 2.05) is 0 Å². The van der Waals surface area contributed by atoms with Gasteiger partial charge in [-0.2, -0.15) is 0 Å². The van der Waals surface area contributed by atoms with Crippen LogP contribution in [0.1, 0.15) is 303 Å². The average Bonchev–Trinajstić information content (AvgIpc) is 3.30. The molecule has 0 aliphatic heterocycles. The first-order valence-corrected chi connectivity index (χ1v) is 28.5. The predicted octanol–water partition coefficient (Wildman–Crippen LogP) is 19.4. The molecule has 0 aromatic carbocycles. The minimum atomic E-state index is -0.403. The van der Waals surface area contributed by atoms with E-state index in [-0.39, 0.29) is 25.2 Å². The van der Waals surface area contributed by atoms with Crippen molar-refractivity contribution >= 4 is 11.9 Å². The smallest absolute Gasteiger partial charge is 0.305 e. The highest BCUT2D eigenvalue weighted by atomic mass is 16.6. The molecule has 0 spiro atoms. The highest BCUT2D eigenvalue weighted by Gasteiger charge is 2.16. The van der Waals surface area contributed by atoms with Crippen LogP contribution in [0.4, 0.5) is 0 Å². The zero-order valence-corrected chi connectivity index (χ0v) is 43.3. The maximum Gasteiger partial charge on any atom is 0.305 e. The Kier molecular flexibility index (Phi) is 53.8. The van der Waals surface area contributed by atoms with Crippen molar-refractivity contribution in [2.45, 2.75) is 309 Å². The molecule has 0 fully saturated rings. The Hall–Kier alpha value is -1.88. The molecule has 1 atom stereocenters. The lowest BCUT2D eigenvalue weighted by Gasteiger charge is -2.18. The summed E-state index contributed by atoms with van der Waals surface area (Å²) in [5.74, 6) is -0.337. The van der Waals surface area contributed by atoms with Gasteiger partial charge in [0.2, 0.25) is 0 Å². The lowest BCUT2D eigenvalue weighted by atomic mass is 10.0. The van der Waals surface area contributed by atoms with Gasteiger partial charge in [0.1, 0.15) is 19.3 Å². The van der Waals surface area contributed by atoms with Crippen LogP contribution >= 0.6 is 0 Å². The summed E-state index contributed by atoms with van der Waals surface area (Å²) in [6.45, 7) is 7.74. The van der Waals surface area contributed by atoms with Crippen LogP contribution in [0.25, 0.3) is 0 Å². The summed E-state index contributed by atoms with van der Waals surface area (Å²) in [4.78, 5) is 25.3. The second kappa shape index (κ2) is 55.4. The summed E-state index contributed by atoms with van der Waals surface area (Å²) in [6.07, 6.45) is 67.5. The number of ether oxygens (including phenoxy) is 3. The largest absolute Gasteiger partial charge is 0.463 e. The number of hydrogen-bond donors (Lipinski definition) is 0. The molecule has 0 N–H and O–H groups in total. The number of rotatable bonds is 53. The normalized spacial score (nSPS) is 12.4. The van der Waals surface area contributed by atoms with Crippen LogP contribution in [0, 0.1) is 0 Å². The van der Waals surface area contributed by atoms with Gasteiger partial charge in [0.15, 0.2) is 0 Å². The lowest BCUT2D eigenvalue weighted by Crippen LogP contribution is -2.29. The van der Waals surface area contributed by atoms with E-state index >= 15 is 0 Å². The maximum absolute atomic E-state index is 12.6. The summed E-state index contributed by atoms with van der Waals surface area (Å²) in [5, 5.41) is 0. The summed E-state index contributed by atoms with van der Waals surface area (Å²) >= 11 is 0. The number of esters is 2. The second-order valence-electron chi connectivity index (χ2n) is 19.2. The first-order chi connectivity index (χ1) is 31.6. The van der Waals surface area contributed by atoms with Crippen molar-refractivity contribution in [1.29, 1.82) is 0 Å². The molecule has 0 amide bonds. The number of carbonyl (C=O) groups excluding carboxylic acids is 2. The summed E-state index contributed by atoms with van der Waals surface area (Å²) in [6, 6.07) is 0. The Morgan fingerprint density at radius 1 is 0.328 bits per heavy atom. The quantitative estimate of drug-likeness (QED) is 0.0346. The minimum Gasteiger partial charge on any atom is -0.463 e. The highest BCUT2D eigenvalue weighted by molar-refractivity contribution is 5.69. The molecule has 0 aromatic rings. The minimum absolute atomic E-state index is 0.155. The molecule has 376 valence electrons. The van der Waals surface area contributed by atoms with Gasteiger partial charge in [-0.25, -0.2) is 0 Å². The molecule has 0 heterocycles. The van der Waals surface area contributed by atoms with Crippen LogP contribution < -0.4 is 0 Å². The van der Waals surface area contributed by atoms with Gasteiger partial charge in [-0.15, -0.1) is 0 Å². The SMILES string of the molecule is CCCCC/C=C\C/C=C\CCCCCCCCCC(=O)OC[C@H](COC(=O)CCCCCCC/C=C\CCCCCCCC)OCCCCCCCCCCCCCCCCCC. The van der Waals surface area contributed by atoms with Crippen LogP contribution in [0.5, 0.6) is 0 Å². The fourth-order valence-corrected chi connectivity index (χ4v) is 8.34. The first kappa shape index (κ1) is 62.1. The Morgan fingerprint density at radius 2 is 0.594 bits per heavy atom. The molecule has 0 aromatic heterocycles. The van der Waals surface area contributed by atoms with Crippen molar-refractivity contribution in [3.05, 3.63) is 36.5 Å². The molecule has 64 heavy (non-hydrogen) atoms. The molecule has 0 radical (unpaired) electrons. The fraction of sp³-hybridized carbons (Fsp3) is 0.864. The maximum atomic E-state index is 12.6. The monoisotopic (exact) mass is 899 g/mol. The summed E-state index contributed by atoms with van der Waals surface area (Å²) in [5.41, 5.74) is 0.